The highest BCUT2D eigenvalue weighted by Crippen LogP contribution is 2.35. The number of hydrogen-bond donors (Lipinski definition) is 0. The molecule has 3 rings (SSSR count). The molecule has 2 aliphatic heterocycles. The molecule has 3 atom stereocenters. The fourth-order valence-corrected chi connectivity index (χ4v) is 2.97. The summed E-state index contributed by atoms with van der Waals surface area (Å²) < 4.78 is 17.1. The Morgan fingerprint density at radius 3 is 2.64 bits per heavy atom. The van der Waals surface area contributed by atoms with Crippen molar-refractivity contribution in [3.63, 3.8) is 0 Å². The molecule has 0 bridgehead atoms. The molecule has 5 nitrogen and oxygen atoms in total. The molecule has 2 fully saturated rings. The van der Waals surface area contributed by atoms with Crippen molar-refractivity contribution in [1.29, 1.82) is 0 Å². The SMILES string of the molecule is C=C1[C@H](OC)ON(Cc2ccccc2)[C@H]1[C@H]1COC(C)(C)O1. The molecule has 0 amide bonds. The molecule has 0 aliphatic carbocycles. The van der Waals surface area contributed by atoms with Crippen LogP contribution >= 0.6 is 0 Å². The van der Waals surface area contributed by atoms with Crippen LogP contribution in [0.25, 0.3) is 0 Å². The van der Waals surface area contributed by atoms with Crippen molar-refractivity contribution in [2.24, 2.45) is 0 Å². The summed E-state index contributed by atoms with van der Waals surface area (Å²) in [6.07, 6.45) is -0.563. The highest BCUT2D eigenvalue weighted by molar-refractivity contribution is 5.19. The van der Waals surface area contributed by atoms with Gasteiger partial charge in [0.15, 0.2) is 5.79 Å². The molecular formula is C17H23NO4. The molecule has 2 heterocycles. The van der Waals surface area contributed by atoms with Gasteiger partial charge in [-0.1, -0.05) is 36.9 Å². The standard InChI is InChI=1S/C17H23NO4/c1-12-15(14-11-20-17(2,3)21-14)18(22-16(12)19-4)10-13-8-6-5-7-9-13/h5-9,14-16H,1,10-11H2,2-4H3/t14-,15-,16-/m1/s1. The third-order valence-corrected chi connectivity index (χ3v) is 4.00. The van der Waals surface area contributed by atoms with Crippen LogP contribution in [0.15, 0.2) is 42.5 Å². The van der Waals surface area contributed by atoms with E-state index in [1.165, 1.54) is 0 Å². The molecule has 0 aromatic heterocycles. The van der Waals surface area contributed by atoms with Gasteiger partial charge in [0.05, 0.1) is 19.2 Å². The van der Waals surface area contributed by atoms with E-state index in [2.05, 4.69) is 18.7 Å². The zero-order chi connectivity index (χ0) is 15.7. The Bertz CT molecular complexity index is 531. The highest BCUT2D eigenvalue weighted by atomic mass is 16.8. The lowest BCUT2D eigenvalue weighted by Crippen LogP contribution is -2.41. The van der Waals surface area contributed by atoms with E-state index in [0.29, 0.717) is 13.2 Å². The largest absolute Gasteiger partial charge is 0.351 e. The first-order chi connectivity index (χ1) is 10.5. The van der Waals surface area contributed by atoms with Crippen molar-refractivity contribution in [3.05, 3.63) is 48.0 Å². The van der Waals surface area contributed by atoms with Crippen LogP contribution in [-0.2, 0) is 25.6 Å². The van der Waals surface area contributed by atoms with Crippen molar-refractivity contribution in [1.82, 2.24) is 5.06 Å². The zero-order valence-corrected chi connectivity index (χ0v) is 13.3. The lowest BCUT2D eigenvalue weighted by Gasteiger charge is -2.27. The van der Waals surface area contributed by atoms with Gasteiger partial charge in [0, 0.05) is 12.7 Å². The van der Waals surface area contributed by atoms with Gasteiger partial charge in [0.2, 0.25) is 6.29 Å². The maximum absolute atomic E-state index is 6.00. The summed E-state index contributed by atoms with van der Waals surface area (Å²) in [4.78, 5) is 5.90. The lowest BCUT2D eigenvalue weighted by atomic mass is 10.0. The van der Waals surface area contributed by atoms with Gasteiger partial charge in [-0.05, 0) is 19.4 Å². The van der Waals surface area contributed by atoms with Gasteiger partial charge in [0.25, 0.3) is 0 Å². The number of hydrogen-bond acceptors (Lipinski definition) is 5. The first-order valence-electron chi connectivity index (χ1n) is 7.51. The van der Waals surface area contributed by atoms with Gasteiger partial charge in [-0.15, -0.1) is 0 Å². The molecule has 0 N–H and O–H groups in total. The Hall–Kier alpha value is -1.24. The average molecular weight is 305 g/mol. The predicted molar refractivity (Wildman–Crippen MR) is 81.7 cm³/mol. The van der Waals surface area contributed by atoms with Crippen molar-refractivity contribution in [3.8, 4) is 0 Å². The van der Waals surface area contributed by atoms with E-state index in [1.54, 1.807) is 7.11 Å². The predicted octanol–water partition coefficient (Wildman–Crippen LogP) is 2.48. The highest BCUT2D eigenvalue weighted by Gasteiger charge is 2.47. The maximum Gasteiger partial charge on any atom is 0.200 e. The second-order valence-corrected chi connectivity index (χ2v) is 6.12. The summed E-state index contributed by atoms with van der Waals surface area (Å²) >= 11 is 0. The average Bonchev–Trinajstić information content (AvgIpc) is 2.99. The molecule has 1 aromatic carbocycles. The summed E-state index contributed by atoms with van der Waals surface area (Å²) in [6.45, 7) is 9.14. The molecule has 120 valence electrons. The van der Waals surface area contributed by atoms with Crippen molar-refractivity contribution in [2.75, 3.05) is 13.7 Å². The molecule has 0 radical (unpaired) electrons. The Balaban J connectivity index is 1.79. The van der Waals surface area contributed by atoms with Gasteiger partial charge in [-0.3, -0.25) is 4.84 Å². The first kappa shape index (κ1) is 15.6. The second kappa shape index (κ2) is 6.10. The number of benzene rings is 1. The maximum atomic E-state index is 6.00. The van der Waals surface area contributed by atoms with Gasteiger partial charge >= 0.3 is 0 Å². The quantitative estimate of drug-likeness (QED) is 0.799. The Labute approximate surface area is 131 Å². The normalized spacial score (nSPS) is 31.8. The van der Waals surface area contributed by atoms with Gasteiger partial charge in [-0.25, -0.2) is 0 Å². The minimum absolute atomic E-state index is 0.0908. The van der Waals surface area contributed by atoms with E-state index in [-0.39, 0.29) is 12.1 Å². The summed E-state index contributed by atoms with van der Waals surface area (Å²) in [5.74, 6) is -0.575. The van der Waals surface area contributed by atoms with Crippen LogP contribution in [0.2, 0.25) is 0 Å². The van der Waals surface area contributed by atoms with Crippen LogP contribution in [0.3, 0.4) is 0 Å². The number of rotatable bonds is 4. The number of nitrogens with zero attached hydrogens (tertiary/aromatic N) is 1. The third kappa shape index (κ3) is 3.09. The number of ether oxygens (including phenoxy) is 3. The summed E-state index contributed by atoms with van der Waals surface area (Å²) in [5, 5.41) is 1.89. The monoisotopic (exact) mass is 305 g/mol. The molecule has 1 aromatic rings. The van der Waals surface area contributed by atoms with Crippen LogP contribution in [-0.4, -0.2) is 43.0 Å². The molecular weight excluding hydrogens is 282 g/mol. The minimum Gasteiger partial charge on any atom is -0.351 e. The van der Waals surface area contributed by atoms with Crippen LogP contribution in [0.5, 0.6) is 0 Å². The fraction of sp³-hybridized carbons (Fsp3) is 0.529. The molecule has 0 unspecified atom stereocenters. The molecule has 2 saturated heterocycles. The topological polar surface area (TPSA) is 40.2 Å². The molecule has 5 heteroatoms. The van der Waals surface area contributed by atoms with E-state index in [0.717, 1.165) is 11.1 Å². The summed E-state index contributed by atoms with van der Waals surface area (Å²) in [5.41, 5.74) is 2.03. The molecule has 0 saturated carbocycles. The number of methoxy groups -OCH3 is 1. The molecule has 0 spiro atoms. The Morgan fingerprint density at radius 1 is 1.32 bits per heavy atom. The Morgan fingerprint density at radius 2 is 2.05 bits per heavy atom. The van der Waals surface area contributed by atoms with Crippen LogP contribution in [0.1, 0.15) is 19.4 Å². The summed E-state index contributed by atoms with van der Waals surface area (Å²) in [6, 6.07) is 10.1. The Kier molecular flexibility index (Phi) is 4.34. The van der Waals surface area contributed by atoms with Gasteiger partial charge in [-0.2, -0.15) is 5.06 Å². The van der Waals surface area contributed by atoms with Crippen LogP contribution in [0, 0.1) is 0 Å². The van der Waals surface area contributed by atoms with Crippen LogP contribution < -0.4 is 0 Å². The molecule has 2 aliphatic rings. The molecule has 22 heavy (non-hydrogen) atoms. The van der Waals surface area contributed by atoms with Crippen molar-refractivity contribution in [2.45, 2.75) is 44.6 Å². The minimum atomic E-state index is -0.575. The first-order valence-corrected chi connectivity index (χ1v) is 7.51. The third-order valence-electron chi connectivity index (χ3n) is 4.00. The second-order valence-electron chi connectivity index (χ2n) is 6.12. The summed E-state index contributed by atoms with van der Waals surface area (Å²) in [7, 11) is 1.62. The van der Waals surface area contributed by atoms with E-state index in [1.807, 2.05) is 37.1 Å². The van der Waals surface area contributed by atoms with Crippen molar-refractivity contribution >= 4 is 0 Å². The van der Waals surface area contributed by atoms with E-state index in [9.17, 15) is 0 Å². The zero-order valence-electron chi connectivity index (χ0n) is 13.3. The fourth-order valence-electron chi connectivity index (χ4n) is 2.97. The van der Waals surface area contributed by atoms with Gasteiger partial charge < -0.3 is 14.2 Å². The van der Waals surface area contributed by atoms with Crippen LogP contribution in [0.4, 0.5) is 0 Å². The van der Waals surface area contributed by atoms with E-state index < -0.39 is 12.1 Å². The van der Waals surface area contributed by atoms with E-state index in [4.69, 9.17) is 19.0 Å². The van der Waals surface area contributed by atoms with E-state index >= 15 is 0 Å². The number of hydroxylamine groups is 2. The van der Waals surface area contributed by atoms with Crippen molar-refractivity contribution < 1.29 is 19.0 Å². The smallest absolute Gasteiger partial charge is 0.200 e. The lowest BCUT2D eigenvalue weighted by molar-refractivity contribution is -0.243. The van der Waals surface area contributed by atoms with Gasteiger partial charge in [0.1, 0.15) is 6.10 Å².